The van der Waals surface area contributed by atoms with Crippen LogP contribution < -0.4 is 0 Å². The molecule has 15 heavy (non-hydrogen) atoms. The Balaban J connectivity index is 2.26. The molecule has 0 bridgehead atoms. The maximum atomic E-state index is 2.45. The minimum atomic E-state index is 0.447. The van der Waals surface area contributed by atoms with Gasteiger partial charge in [0, 0.05) is 0 Å². The van der Waals surface area contributed by atoms with E-state index < -0.39 is 0 Å². The monoisotopic (exact) mass is 202 g/mol. The molecule has 1 saturated carbocycles. The molecule has 0 heterocycles. The summed E-state index contributed by atoms with van der Waals surface area (Å²) in [7, 11) is 0. The van der Waals surface area contributed by atoms with Gasteiger partial charge >= 0.3 is 0 Å². The van der Waals surface area contributed by atoms with E-state index in [2.05, 4.69) is 38.1 Å². The first-order valence-electron chi connectivity index (χ1n) is 6.28. The molecular formula is C15H22. The standard InChI is InChI=1S/C15H22/c1-13-8-7-9-14(12-13)15(2)10-5-3-4-6-11-15/h7-9,12H,3-6,10-11H2,1-2H3. The highest BCUT2D eigenvalue weighted by molar-refractivity contribution is 5.29. The minimum absolute atomic E-state index is 0.447. The molecule has 0 unspecified atom stereocenters. The lowest BCUT2D eigenvalue weighted by molar-refractivity contribution is 0.409. The summed E-state index contributed by atoms with van der Waals surface area (Å²) < 4.78 is 0. The summed E-state index contributed by atoms with van der Waals surface area (Å²) in [5.41, 5.74) is 3.41. The van der Waals surface area contributed by atoms with Crippen molar-refractivity contribution in [3.8, 4) is 0 Å². The number of aryl methyl sites for hydroxylation is 1. The average molecular weight is 202 g/mol. The Bertz CT molecular complexity index is 317. The second-order valence-electron chi connectivity index (χ2n) is 5.34. The van der Waals surface area contributed by atoms with Crippen LogP contribution in [0.3, 0.4) is 0 Å². The van der Waals surface area contributed by atoms with Crippen LogP contribution in [0.25, 0.3) is 0 Å². The lowest BCUT2D eigenvalue weighted by Crippen LogP contribution is -2.20. The van der Waals surface area contributed by atoms with Crippen LogP contribution in [-0.4, -0.2) is 0 Å². The first-order valence-corrected chi connectivity index (χ1v) is 6.28. The van der Waals surface area contributed by atoms with Crippen LogP contribution in [0.15, 0.2) is 24.3 Å². The quantitative estimate of drug-likeness (QED) is 0.583. The Morgan fingerprint density at radius 3 is 2.27 bits per heavy atom. The summed E-state index contributed by atoms with van der Waals surface area (Å²) >= 11 is 0. The second kappa shape index (κ2) is 4.38. The largest absolute Gasteiger partial charge is 0.0617 e. The third-order valence-corrected chi connectivity index (χ3v) is 3.92. The van der Waals surface area contributed by atoms with Crippen molar-refractivity contribution >= 4 is 0 Å². The highest BCUT2D eigenvalue weighted by atomic mass is 14.3. The number of rotatable bonds is 1. The highest BCUT2D eigenvalue weighted by Gasteiger charge is 2.27. The van der Waals surface area contributed by atoms with E-state index >= 15 is 0 Å². The maximum Gasteiger partial charge on any atom is -0.00752 e. The van der Waals surface area contributed by atoms with Crippen LogP contribution in [0.5, 0.6) is 0 Å². The fourth-order valence-corrected chi connectivity index (χ4v) is 2.82. The number of benzene rings is 1. The van der Waals surface area contributed by atoms with Gasteiger partial charge < -0.3 is 0 Å². The van der Waals surface area contributed by atoms with Crippen molar-refractivity contribution in [2.24, 2.45) is 0 Å². The van der Waals surface area contributed by atoms with Gasteiger partial charge in [-0.3, -0.25) is 0 Å². The van der Waals surface area contributed by atoms with E-state index in [1.54, 1.807) is 5.56 Å². The Morgan fingerprint density at radius 2 is 1.67 bits per heavy atom. The van der Waals surface area contributed by atoms with Crippen molar-refractivity contribution < 1.29 is 0 Å². The van der Waals surface area contributed by atoms with E-state index in [1.807, 2.05) is 0 Å². The van der Waals surface area contributed by atoms with Gasteiger partial charge in [0.2, 0.25) is 0 Å². The van der Waals surface area contributed by atoms with E-state index in [0.29, 0.717) is 5.41 Å². The summed E-state index contributed by atoms with van der Waals surface area (Å²) in [6.45, 7) is 4.65. The van der Waals surface area contributed by atoms with Crippen molar-refractivity contribution in [2.75, 3.05) is 0 Å². The van der Waals surface area contributed by atoms with E-state index in [1.165, 1.54) is 44.1 Å². The zero-order chi connectivity index (χ0) is 10.7. The summed E-state index contributed by atoms with van der Waals surface area (Å²) in [6.07, 6.45) is 8.42. The molecule has 1 aliphatic rings. The van der Waals surface area contributed by atoms with Crippen molar-refractivity contribution in [1.29, 1.82) is 0 Å². The van der Waals surface area contributed by atoms with Crippen molar-refractivity contribution in [3.63, 3.8) is 0 Å². The molecule has 1 aliphatic carbocycles. The third kappa shape index (κ3) is 2.42. The van der Waals surface area contributed by atoms with Gasteiger partial charge in [0.1, 0.15) is 0 Å². The molecule has 0 atom stereocenters. The third-order valence-electron chi connectivity index (χ3n) is 3.92. The predicted octanol–water partition coefficient (Wildman–Crippen LogP) is 4.61. The normalized spacial score (nSPS) is 20.9. The van der Waals surface area contributed by atoms with Gasteiger partial charge in [0.05, 0.1) is 0 Å². The van der Waals surface area contributed by atoms with Gasteiger partial charge in [-0.15, -0.1) is 0 Å². The Kier molecular flexibility index (Phi) is 3.14. The lowest BCUT2D eigenvalue weighted by Gasteiger charge is -2.29. The molecule has 0 saturated heterocycles. The summed E-state index contributed by atoms with van der Waals surface area (Å²) in [4.78, 5) is 0. The van der Waals surface area contributed by atoms with Crippen molar-refractivity contribution in [2.45, 2.75) is 57.8 Å². The van der Waals surface area contributed by atoms with Gasteiger partial charge in [-0.2, -0.15) is 0 Å². The van der Waals surface area contributed by atoms with Gasteiger partial charge in [-0.1, -0.05) is 62.4 Å². The Morgan fingerprint density at radius 1 is 1.00 bits per heavy atom. The molecule has 1 aromatic rings. The van der Waals surface area contributed by atoms with Gasteiger partial charge in [-0.05, 0) is 30.7 Å². The molecule has 82 valence electrons. The molecule has 2 rings (SSSR count). The number of hydrogen-bond donors (Lipinski definition) is 0. The van der Waals surface area contributed by atoms with E-state index in [9.17, 15) is 0 Å². The summed E-state index contributed by atoms with van der Waals surface area (Å²) in [5.74, 6) is 0. The smallest absolute Gasteiger partial charge is 0.00752 e. The first kappa shape index (κ1) is 10.7. The topological polar surface area (TPSA) is 0 Å². The molecule has 1 fully saturated rings. The Hall–Kier alpha value is -0.780. The molecule has 0 heteroatoms. The first-order chi connectivity index (χ1) is 7.21. The number of hydrogen-bond acceptors (Lipinski definition) is 0. The average Bonchev–Trinajstić information content (AvgIpc) is 2.44. The Labute approximate surface area is 93.7 Å². The molecule has 0 spiro atoms. The summed E-state index contributed by atoms with van der Waals surface area (Å²) in [5, 5.41) is 0. The maximum absolute atomic E-state index is 2.45. The lowest BCUT2D eigenvalue weighted by atomic mass is 9.76. The molecule has 0 nitrogen and oxygen atoms in total. The van der Waals surface area contributed by atoms with Crippen molar-refractivity contribution in [3.05, 3.63) is 35.4 Å². The van der Waals surface area contributed by atoms with Crippen LogP contribution in [0.1, 0.15) is 56.6 Å². The van der Waals surface area contributed by atoms with Crippen LogP contribution in [0.2, 0.25) is 0 Å². The second-order valence-corrected chi connectivity index (χ2v) is 5.34. The summed E-state index contributed by atoms with van der Waals surface area (Å²) in [6, 6.07) is 9.11. The van der Waals surface area contributed by atoms with Crippen LogP contribution in [0, 0.1) is 6.92 Å². The molecule has 0 N–H and O–H groups in total. The molecule has 1 aromatic carbocycles. The SMILES string of the molecule is Cc1cccc(C2(C)CCCCCC2)c1. The van der Waals surface area contributed by atoms with Crippen LogP contribution in [-0.2, 0) is 5.41 Å². The van der Waals surface area contributed by atoms with Crippen molar-refractivity contribution in [1.82, 2.24) is 0 Å². The van der Waals surface area contributed by atoms with Crippen LogP contribution in [0.4, 0.5) is 0 Å². The van der Waals surface area contributed by atoms with E-state index in [-0.39, 0.29) is 0 Å². The fraction of sp³-hybridized carbons (Fsp3) is 0.600. The van der Waals surface area contributed by atoms with Gasteiger partial charge in [0.25, 0.3) is 0 Å². The minimum Gasteiger partial charge on any atom is -0.0617 e. The molecular weight excluding hydrogens is 180 g/mol. The van der Waals surface area contributed by atoms with Gasteiger partial charge in [0.15, 0.2) is 0 Å². The molecule has 0 radical (unpaired) electrons. The zero-order valence-corrected chi connectivity index (χ0v) is 10.1. The molecule has 0 aromatic heterocycles. The zero-order valence-electron chi connectivity index (χ0n) is 10.1. The van der Waals surface area contributed by atoms with E-state index in [0.717, 1.165) is 0 Å². The highest BCUT2D eigenvalue weighted by Crippen LogP contribution is 2.37. The van der Waals surface area contributed by atoms with E-state index in [4.69, 9.17) is 0 Å². The molecule has 0 aliphatic heterocycles. The van der Waals surface area contributed by atoms with Crippen LogP contribution >= 0.6 is 0 Å². The van der Waals surface area contributed by atoms with Gasteiger partial charge in [-0.25, -0.2) is 0 Å². The predicted molar refractivity (Wildman–Crippen MR) is 66.2 cm³/mol. The molecule has 0 amide bonds. The fourth-order valence-electron chi connectivity index (χ4n) is 2.82.